The van der Waals surface area contributed by atoms with E-state index in [-0.39, 0.29) is 23.6 Å². The van der Waals surface area contributed by atoms with Crippen molar-refractivity contribution >= 4 is 11.9 Å². The Hall–Kier alpha value is -1.78. The van der Waals surface area contributed by atoms with Gasteiger partial charge in [0.25, 0.3) is 0 Å². The van der Waals surface area contributed by atoms with Gasteiger partial charge in [-0.3, -0.25) is 0 Å². The van der Waals surface area contributed by atoms with Crippen LogP contribution < -0.4 is 5.32 Å². The summed E-state index contributed by atoms with van der Waals surface area (Å²) in [7, 11) is 0. The first-order valence-electron chi connectivity index (χ1n) is 8.98. The molecule has 0 spiro atoms. The summed E-state index contributed by atoms with van der Waals surface area (Å²) in [5.41, 5.74) is 1.74. The molecule has 4 aliphatic carbocycles. The Kier molecular flexibility index (Phi) is 3.52. The maximum atomic E-state index is 12.8. The molecule has 5 nitrogen and oxygen atoms in total. The molecule has 5 heteroatoms. The van der Waals surface area contributed by atoms with Gasteiger partial charge in [0, 0.05) is 17.8 Å². The van der Waals surface area contributed by atoms with Crippen molar-refractivity contribution in [3.05, 3.63) is 22.5 Å². The summed E-state index contributed by atoms with van der Waals surface area (Å²) in [6, 6.07) is 0. The van der Waals surface area contributed by atoms with E-state index in [2.05, 4.69) is 5.32 Å². The molecule has 0 atom stereocenters. The van der Waals surface area contributed by atoms with Crippen LogP contribution in [-0.4, -0.2) is 22.6 Å². The van der Waals surface area contributed by atoms with Gasteiger partial charge in [-0.2, -0.15) is 0 Å². The minimum atomic E-state index is -0.979. The third-order valence-electron chi connectivity index (χ3n) is 6.43. The molecular formula is C19H25NO4. The smallest absolute Gasteiger partial charge is 0.336 e. The number of esters is 1. The lowest BCUT2D eigenvalue weighted by molar-refractivity contribution is -0.182. The van der Waals surface area contributed by atoms with Gasteiger partial charge < -0.3 is 15.2 Å². The Morgan fingerprint density at radius 3 is 2.00 bits per heavy atom. The van der Waals surface area contributed by atoms with E-state index in [9.17, 15) is 14.7 Å². The maximum Gasteiger partial charge on any atom is 0.336 e. The van der Waals surface area contributed by atoms with Crippen LogP contribution in [0.3, 0.4) is 0 Å². The molecule has 1 heterocycles. The van der Waals surface area contributed by atoms with Gasteiger partial charge in [0.05, 0.1) is 11.1 Å². The van der Waals surface area contributed by atoms with Gasteiger partial charge in [0.2, 0.25) is 0 Å². The molecule has 0 saturated heterocycles. The Morgan fingerprint density at radius 1 is 1.00 bits per heavy atom. The van der Waals surface area contributed by atoms with Crippen LogP contribution >= 0.6 is 0 Å². The number of carbonyl (C=O) groups excluding carboxylic acids is 1. The molecule has 4 saturated carbocycles. The lowest BCUT2D eigenvalue weighted by atomic mass is 9.54. The Balaban J connectivity index is 1.52. The standard InChI is InChI=1S/C19H25NO4/c1-10-15(17(21)22)6-16(11(2)20-10)18(23)24-19-7-12-3-13(8-19)5-14(4-12)9-19/h12-14,20H,3-9H2,1-2H3,(H,21,22). The number of hydrogen-bond acceptors (Lipinski definition) is 4. The van der Waals surface area contributed by atoms with Crippen molar-refractivity contribution in [2.24, 2.45) is 17.8 Å². The number of hydrogen-bond donors (Lipinski definition) is 2. The fraction of sp³-hybridized carbons (Fsp3) is 0.684. The topological polar surface area (TPSA) is 75.6 Å². The van der Waals surface area contributed by atoms with Crippen LogP contribution in [-0.2, 0) is 14.3 Å². The highest BCUT2D eigenvalue weighted by molar-refractivity contribution is 5.96. The highest BCUT2D eigenvalue weighted by atomic mass is 16.6. The molecular weight excluding hydrogens is 306 g/mol. The number of carbonyl (C=O) groups is 2. The second kappa shape index (κ2) is 5.36. The molecule has 24 heavy (non-hydrogen) atoms. The van der Waals surface area contributed by atoms with Crippen LogP contribution in [0.4, 0.5) is 0 Å². The van der Waals surface area contributed by atoms with E-state index in [1.54, 1.807) is 6.92 Å². The number of carboxylic acids is 1. The molecule has 5 aliphatic rings. The molecule has 0 unspecified atom stereocenters. The van der Waals surface area contributed by atoms with Crippen molar-refractivity contribution in [2.75, 3.05) is 0 Å². The Bertz CT molecular complexity index is 638. The summed E-state index contributed by atoms with van der Waals surface area (Å²) >= 11 is 0. The number of carboxylic acid groups (broad SMARTS) is 1. The van der Waals surface area contributed by atoms with E-state index in [0.717, 1.165) is 19.3 Å². The number of rotatable bonds is 3. The molecule has 4 fully saturated rings. The molecule has 0 aromatic rings. The summed E-state index contributed by atoms with van der Waals surface area (Å²) in [6.07, 6.45) is 7.01. The number of ether oxygens (including phenoxy) is 1. The second-order valence-electron chi connectivity index (χ2n) is 8.30. The molecule has 1 aliphatic heterocycles. The number of nitrogens with one attached hydrogen (secondary N) is 1. The van der Waals surface area contributed by atoms with Gasteiger partial charge >= 0.3 is 11.9 Å². The van der Waals surface area contributed by atoms with Crippen LogP contribution in [0, 0.1) is 17.8 Å². The van der Waals surface area contributed by atoms with Gasteiger partial charge in [-0.25, -0.2) is 9.59 Å². The van der Waals surface area contributed by atoms with Gasteiger partial charge in [-0.15, -0.1) is 0 Å². The van der Waals surface area contributed by atoms with Gasteiger partial charge in [0.1, 0.15) is 5.60 Å². The predicted molar refractivity (Wildman–Crippen MR) is 87.8 cm³/mol. The lowest BCUT2D eigenvalue weighted by Crippen LogP contribution is -2.53. The van der Waals surface area contributed by atoms with E-state index >= 15 is 0 Å². The van der Waals surface area contributed by atoms with Gasteiger partial charge in [0.15, 0.2) is 0 Å². The third-order valence-corrected chi connectivity index (χ3v) is 6.43. The van der Waals surface area contributed by atoms with Crippen molar-refractivity contribution in [3.63, 3.8) is 0 Å². The average Bonchev–Trinajstić information content (AvgIpc) is 2.44. The zero-order valence-corrected chi connectivity index (χ0v) is 14.4. The monoisotopic (exact) mass is 331 g/mol. The Morgan fingerprint density at radius 2 is 1.50 bits per heavy atom. The van der Waals surface area contributed by atoms with Crippen molar-refractivity contribution in [3.8, 4) is 0 Å². The van der Waals surface area contributed by atoms with Crippen LogP contribution in [0.1, 0.15) is 58.8 Å². The number of dihydropyridines is 1. The molecule has 0 radical (unpaired) electrons. The maximum absolute atomic E-state index is 12.8. The molecule has 130 valence electrons. The largest absolute Gasteiger partial charge is 0.478 e. The molecule has 4 bridgehead atoms. The number of aliphatic carboxylic acids is 1. The van der Waals surface area contributed by atoms with Crippen LogP contribution in [0.5, 0.6) is 0 Å². The van der Waals surface area contributed by atoms with E-state index in [4.69, 9.17) is 4.74 Å². The van der Waals surface area contributed by atoms with Gasteiger partial charge in [-0.05, 0) is 70.1 Å². The fourth-order valence-electron chi connectivity index (χ4n) is 5.75. The quantitative estimate of drug-likeness (QED) is 0.777. The summed E-state index contributed by atoms with van der Waals surface area (Å²) in [5, 5.41) is 12.4. The summed E-state index contributed by atoms with van der Waals surface area (Å²) in [5.74, 6) is 0.821. The summed E-state index contributed by atoms with van der Waals surface area (Å²) in [4.78, 5) is 24.2. The van der Waals surface area contributed by atoms with Crippen LogP contribution in [0.2, 0.25) is 0 Å². The first-order valence-corrected chi connectivity index (χ1v) is 8.98. The van der Waals surface area contributed by atoms with Crippen LogP contribution in [0.15, 0.2) is 22.5 Å². The molecule has 0 aromatic carbocycles. The minimum absolute atomic E-state index is 0.144. The van der Waals surface area contributed by atoms with Crippen LogP contribution in [0.25, 0.3) is 0 Å². The fourth-order valence-corrected chi connectivity index (χ4v) is 5.75. The number of allylic oxidation sites excluding steroid dienone is 2. The second-order valence-corrected chi connectivity index (χ2v) is 8.30. The summed E-state index contributed by atoms with van der Waals surface area (Å²) < 4.78 is 6.07. The molecule has 5 rings (SSSR count). The zero-order chi connectivity index (χ0) is 17.1. The molecule has 2 N–H and O–H groups in total. The van der Waals surface area contributed by atoms with E-state index < -0.39 is 5.97 Å². The molecule has 0 amide bonds. The highest BCUT2D eigenvalue weighted by Crippen LogP contribution is 2.57. The van der Waals surface area contributed by atoms with Gasteiger partial charge in [-0.1, -0.05) is 0 Å². The van der Waals surface area contributed by atoms with E-state index in [0.29, 0.717) is 34.7 Å². The Labute approximate surface area is 142 Å². The molecule has 0 aromatic heterocycles. The summed E-state index contributed by atoms with van der Waals surface area (Å²) in [6.45, 7) is 3.55. The lowest BCUT2D eigenvalue weighted by Gasteiger charge is -2.55. The van der Waals surface area contributed by atoms with E-state index in [1.807, 2.05) is 6.92 Å². The SMILES string of the molecule is CC1=C(C(=O)O)CC(C(=O)OC23CC4CC(CC(C4)C2)C3)=C(C)N1. The zero-order valence-electron chi connectivity index (χ0n) is 14.4. The average molecular weight is 331 g/mol. The van der Waals surface area contributed by atoms with Crippen molar-refractivity contribution in [2.45, 2.75) is 64.4 Å². The van der Waals surface area contributed by atoms with Crippen molar-refractivity contribution < 1.29 is 19.4 Å². The normalized spacial score (nSPS) is 37.5. The minimum Gasteiger partial charge on any atom is -0.478 e. The third kappa shape index (κ3) is 2.54. The van der Waals surface area contributed by atoms with Crippen molar-refractivity contribution in [1.82, 2.24) is 5.32 Å². The van der Waals surface area contributed by atoms with Crippen molar-refractivity contribution in [1.29, 1.82) is 0 Å². The first kappa shape index (κ1) is 15.7. The predicted octanol–water partition coefficient (Wildman–Crippen LogP) is 3.12. The van der Waals surface area contributed by atoms with E-state index in [1.165, 1.54) is 19.3 Å². The first-order chi connectivity index (χ1) is 11.3. The highest BCUT2D eigenvalue weighted by Gasteiger charge is 2.53.